The van der Waals surface area contributed by atoms with E-state index in [0.29, 0.717) is 29.8 Å². The van der Waals surface area contributed by atoms with Gasteiger partial charge in [-0.1, -0.05) is 293 Å². The van der Waals surface area contributed by atoms with Gasteiger partial charge < -0.3 is 43.6 Å². The number of pyridine rings is 1. The zero-order valence-corrected chi connectivity index (χ0v) is 90.0. The summed E-state index contributed by atoms with van der Waals surface area (Å²) in [7, 11) is -1.36. The minimum Gasteiger partial charge on any atom is -0.381 e. The molecular formula is C119H166ClFN8O8S. The Morgan fingerprint density at radius 2 is 0.775 bits per heavy atom. The van der Waals surface area contributed by atoms with Gasteiger partial charge in [0, 0.05) is 141 Å². The number of piperazine rings is 1. The van der Waals surface area contributed by atoms with E-state index in [2.05, 4.69) is 313 Å². The number of ether oxygens (including phenoxy) is 3. The van der Waals surface area contributed by atoms with Crippen molar-refractivity contribution < 1.29 is 41.4 Å². The number of sulfonamides is 1. The van der Waals surface area contributed by atoms with E-state index in [1.54, 1.807) is 34.1 Å². The number of carbonyl (C=O) groups is 3. The zero-order chi connectivity index (χ0) is 101. The Labute approximate surface area is 836 Å². The normalized spacial score (nSPS) is 16.9. The van der Waals surface area contributed by atoms with Crippen molar-refractivity contribution in [3.63, 3.8) is 0 Å². The van der Waals surface area contributed by atoms with Gasteiger partial charge in [0.2, 0.25) is 15.9 Å². The van der Waals surface area contributed by atoms with E-state index in [1.807, 2.05) is 60.6 Å². The molecule has 8 fully saturated rings. The third-order valence-corrected chi connectivity index (χ3v) is 29.5. The average molecular weight is 1920 g/mol. The van der Waals surface area contributed by atoms with Crippen LogP contribution in [0, 0.1) is 11.7 Å². The highest BCUT2D eigenvalue weighted by molar-refractivity contribution is 7.89. The van der Waals surface area contributed by atoms with Crippen LogP contribution >= 0.6 is 11.6 Å². The molecule has 16 nitrogen and oxygen atoms in total. The summed E-state index contributed by atoms with van der Waals surface area (Å²) in [6, 6.07) is 68.3. The number of aromatic nitrogens is 1. The van der Waals surface area contributed by atoms with Crippen molar-refractivity contribution in [2.24, 2.45) is 5.92 Å². The fraction of sp³-hybridized carbons (Fsp3) is 0.529. The maximum Gasteiger partial charge on any atom is 0.256 e. The van der Waals surface area contributed by atoms with Gasteiger partial charge in [-0.15, -0.1) is 0 Å². The number of likely N-dealkylation sites (tertiary alicyclic amines) is 2. The monoisotopic (exact) mass is 1920 g/mol. The van der Waals surface area contributed by atoms with E-state index in [9.17, 15) is 27.2 Å². The van der Waals surface area contributed by atoms with Gasteiger partial charge in [-0.05, 0) is 254 Å². The first-order valence-electron chi connectivity index (χ1n) is 50.7. The molecule has 7 aliphatic heterocycles. The molecule has 17 rings (SSSR count). The summed E-state index contributed by atoms with van der Waals surface area (Å²) in [5.74, 6) is 2.61. The predicted molar refractivity (Wildman–Crippen MR) is 574 cm³/mol. The molecule has 8 aromatic carbocycles. The second kappa shape index (κ2) is 48.5. The fourth-order valence-corrected chi connectivity index (χ4v) is 18.7. The number of hydrogen-bond donors (Lipinski definition) is 0. The summed E-state index contributed by atoms with van der Waals surface area (Å²) in [6.07, 6.45) is 11.8. The van der Waals surface area contributed by atoms with E-state index in [0.717, 1.165) is 176 Å². The third-order valence-electron chi connectivity index (χ3n) is 27.3. The van der Waals surface area contributed by atoms with Gasteiger partial charge >= 0.3 is 0 Å². The van der Waals surface area contributed by atoms with Gasteiger partial charge in [0.15, 0.2) is 0 Å². The first kappa shape index (κ1) is 111. The molecule has 0 spiro atoms. The number of nitrogens with zero attached hydrogens (tertiary/aromatic N) is 8. The Kier molecular flexibility index (Phi) is 38.9. The second-order valence-electron chi connectivity index (χ2n) is 46.6. The molecule has 9 aromatic rings. The third kappa shape index (κ3) is 32.6. The van der Waals surface area contributed by atoms with Crippen LogP contribution in [-0.2, 0) is 72.3 Å². The van der Waals surface area contributed by atoms with Crippen LogP contribution in [0.15, 0.2) is 211 Å². The fourth-order valence-electron chi connectivity index (χ4n) is 16.9. The number of halogens is 2. The molecule has 3 amide bonds. The SMILES string of the molecule is CC(C)(C)c1ccc(C(=O)N2CCC2)cc1.CC(C)(C)c1ccc(C2CCOCC2)cc1.CC(C)(C)c1ccc(F)c(C(=O)N2CCC2)c1.CC(C)(C)c1ccc(N2CCN(c3ccccn3)CC2)cc1.CC(C)(C)c1ccc(N2CCOCC2)c(Cl)c1.CC(C)(C)c1ccc(S(=O)(=O)N2CCC2)cc1.CC(C)(C)c1cccc(C2CCOCC2)c1.CN(C(=O)C1CC1)c1ccc(C(C)(C)C)cc1. The van der Waals surface area contributed by atoms with E-state index in [-0.39, 0.29) is 72.5 Å². The van der Waals surface area contributed by atoms with Crippen molar-refractivity contribution in [1.29, 1.82) is 0 Å². The van der Waals surface area contributed by atoms with Crippen molar-refractivity contribution >= 4 is 62.2 Å². The standard InChI is InChI=1S/C19H25N3.C15H21NO.2C15H22O.C14H20ClNO.C14H18FNO.C14H19NO.C13H19NO2S/c1-19(2,3)16-7-9-17(10-8-16)21-12-14-22(15-13-21)18-6-4-5-11-20-18;1-15(2,3)12-7-9-13(10-8-12)16(4)14(17)11-5-6-11;1-15(2,3)14-6-4-12(5-7-14)13-8-10-16-11-9-13;1-15(2,3)14-6-4-5-13(11-14)12-7-9-16-10-8-12;1-14(2,3)11-4-5-13(12(15)10-11)16-6-8-17-9-7-16;1-14(2,3)10-5-6-12(15)11(9-10)13(17)16-7-4-8-16;1-14(2,3)12-7-5-11(6-8-12)13(16)15-9-4-10-15;1-13(2,3)11-5-7-12(8-6-11)17(15,16)14-9-4-10-14/h4-11H,12-15H2,1-3H3;7-11H,5-6H2,1-4H3;4-7,13H,8-11H2,1-3H3;4-6,11-12H,7-10H2,1-3H3;4-5,10H,6-9H2,1-3H3;5-6,9H,4,7-8H2,1-3H3;5-8H,4,9-10H2,1-3H3;5-8H,4,9-10H2,1-3H3. The number of amides is 3. The Morgan fingerprint density at radius 3 is 1.20 bits per heavy atom. The molecule has 8 aliphatic rings. The lowest BCUT2D eigenvalue weighted by atomic mass is 9.83. The first-order chi connectivity index (χ1) is 64.7. The summed E-state index contributed by atoms with van der Waals surface area (Å²) in [5.41, 5.74) is 18.9. The first-order valence-corrected chi connectivity index (χ1v) is 52.6. The smallest absolute Gasteiger partial charge is 0.256 e. The van der Waals surface area contributed by atoms with Gasteiger partial charge in [0.05, 0.1) is 34.4 Å². The van der Waals surface area contributed by atoms with Crippen LogP contribution in [0.25, 0.3) is 0 Å². The van der Waals surface area contributed by atoms with Crippen molar-refractivity contribution in [2.45, 2.75) is 284 Å². The van der Waals surface area contributed by atoms with Crippen LogP contribution in [0.2, 0.25) is 5.02 Å². The molecule has 0 unspecified atom stereocenters. The van der Waals surface area contributed by atoms with Crippen LogP contribution in [-0.4, -0.2) is 170 Å². The van der Waals surface area contributed by atoms with Gasteiger partial charge in [-0.25, -0.2) is 17.8 Å². The number of morpholine rings is 1. The molecule has 0 N–H and O–H groups in total. The van der Waals surface area contributed by atoms with Crippen LogP contribution in [0.4, 0.5) is 27.3 Å². The van der Waals surface area contributed by atoms with E-state index >= 15 is 0 Å². The Hall–Kier alpha value is -9.27. The Balaban J connectivity index is 0.000000163. The Bertz CT molecular complexity index is 5420. The molecule has 1 aliphatic carbocycles. The quantitative estimate of drug-likeness (QED) is 0.121. The topological polar surface area (TPSA) is 149 Å². The van der Waals surface area contributed by atoms with Gasteiger partial charge in [-0.2, -0.15) is 4.31 Å². The highest BCUT2D eigenvalue weighted by Gasteiger charge is 2.35. The average Bonchev–Trinajstić information content (AvgIpc) is 1.07. The van der Waals surface area contributed by atoms with E-state index in [1.165, 1.54) is 86.2 Å². The second-order valence-corrected chi connectivity index (χ2v) is 48.9. The lowest BCUT2D eigenvalue weighted by Gasteiger charge is -2.37. The molecular weight excluding hydrogens is 1760 g/mol. The largest absolute Gasteiger partial charge is 0.381 e. The van der Waals surface area contributed by atoms with Crippen LogP contribution in [0.5, 0.6) is 0 Å². The molecule has 1 saturated carbocycles. The minimum atomic E-state index is -3.23. The van der Waals surface area contributed by atoms with Crippen molar-refractivity contribution in [3.05, 3.63) is 284 Å². The van der Waals surface area contributed by atoms with Gasteiger partial charge in [-0.3, -0.25) is 14.4 Å². The van der Waals surface area contributed by atoms with Gasteiger partial charge in [0.1, 0.15) is 11.6 Å². The summed E-state index contributed by atoms with van der Waals surface area (Å²) >= 11 is 6.39. The Morgan fingerprint density at radius 1 is 0.377 bits per heavy atom. The van der Waals surface area contributed by atoms with Crippen LogP contribution < -0.4 is 19.6 Å². The minimum absolute atomic E-state index is 0.0546. The zero-order valence-electron chi connectivity index (χ0n) is 88.5. The van der Waals surface area contributed by atoms with Crippen molar-refractivity contribution in [2.75, 3.05) is 145 Å². The molecule has 19 heteroatoms. The predicted octanol–water partition coefficient (Wildman–Crippen LogP) is 26.5. The molecule has 0 bridgehead atoms. The van der Waals surface area contributed by atoms with Crippen molar-refractivity contribution in [1.82, 2.24) is 19.1 Å². The number of anilines is 4. The molecule has 1 aromatic heterocycles. The lowest BCUT2D eigenvalue weighted by Crippen LogP contribution is -2.46. The molecule has 0 atom stereocenters. The summed E-state index contributed by atoms with van der Waals surface area (Å²) in [5, 5.41) is 0.847. The highest BCUT2D eigenvalue weighted by Crippen LogP contribution is 2.39. The van der Waals surface area contributed by atoms with Crippen LogP contribution in [0.1, 0.15) is 312 Å². The van der Waals surface area contributed by atoms with E-state index < -0.39 is 15.8 Å². The lowest BCUT2D eigenvalue weighted by molar-refractivity contribution is -0.119. The van der Waals surface area contributed by atoms with Crippen molar-refractivity contribution in [3.8, 4) is 0 Å². The van der Waals surface area contributed by atoms with Gasteiger partial charge in [0.25, 0.3) is 11.8 Å². The maximum absolute atomic E-state index is 13.7. The number of hydrogen-bond acceptors (Lipinski definition) is 12. The summed E-state index contributed by atoms with van der Waals surface area (Å²) in [6.45, 7) is 68.5. The number of rotatable bonds is 11. The molecule has 8 heterocycles. The van der Waals surface area contributed by atoms with Crippen LogP contribution in [0.3, 0.4) is 0 Å². The highest BCUT2D eigenvalue weighted by atomic mass is 35.5. The number of carbonyl (C=O) groups excluding carboxylic acids is 3. The molecule has 7 saturated heterocycles. The molecule has 138 heavy (non-hydrogen) atoms. The summed E-state index contributed by atoms with van der Waals surface area (Å²) in [4.78, 5) is 53.2. The summed E-state index contributed by atoms with van der Waals surface area (Å²) < 4.78 is 55.6. The maximum atomic E-state index is 13.7. The molecule has 750 valence electrons. The molecule has 0 radical (unpaired) electrons. The number of benzene rings is 8. The van der Waals surface area contributed by atoms with E-state index in [4.69, 9.17) is 25.8 Å².